The van der Waals surface area contributed by atoms with E-state index in [1.165, 1.54) is 11.3 Å². The summed E-state index contributed by atoms with van der Waals surface area (Å²) < 4.78 is 10.4. The number of hydrogen-bond acceptors (Lipinski definition) is 7. The lowest BCUT2D eigenvalue weighted by atomic mass is 10.1. The Labute approximate surface area is 154 Å². The number of benzene rings is 1. The molecule has 0 saturated carbocycles. The molecule has 0 unspecified atom stereocenters. The van der Waals surface area contributed by atoms with Gasteiger partial charge in [-0.1, -0.05) is 11.3 Å². The summed E-state index contributed by atoms with van der Waals surface area (Å²) in [4.78, 5) is 28.3. The lowest BCUT2D eigenvalue weighted by Crippen LogP contribution is -2.51. The average molecular weight is 377 g/mol. The van der Waals surface area contributed by atoms with Gasteiger partial charge in [0.15, 0.2) is 0 Å². The van der Waals surface area contributed by atoms with E-state index in [1.807, 2.05) is 0 Å². The third-order valence-corrected chi connectivity index (χ3v) is 4.63. The minimum Gasteiger partial charge on any atom is -0.497 e. The van der Waals surface area contributed by atoms with Gasteiger partial charge in [0, 0.05) is 37.8 Å². The van der Waals surface area contributed by atoms with Gasteiger partial charge in [0.05, 0.1) is 14.2 Å². The Hall–Kier alpha value is -2.88. The van der Waals surface area contributed by atoms with E-state index in [1.54, 1.807) is 47.7 Å². The van der Waals surface area contributed by atoms with Gasteiger partial charge < -0.3 is 19.3 Å². The number of amides is 3. The lowest BCUT2D eigenvalue weighted by Gasteiger charge is -2.34. The van der Waals surface area contributed by atoms with Gasteiger partial charge in [-0.2, -0.15) is 0 Å². The number of nitrogens with zero attached hydrogens (tertiary/aromatic N) is 4. The Balaban J connectivity index is 1.60. The highest BCUT2D eigenvalue weighted by atomic mass is 32.1. The van der Waals surface area contributed by atoms with Gasteiger partial charge in [0.2, 0.25) is 5.13 Å². The summed E-state index contributed by atoms with van der Waals surface area (Å²) >= 11 is 1.26. The number of anilines is 1. The van der Waals surface area contributed by atoms with Gasteiger partial charge >= 0.3 is 6.03 Å². The summed E-state index contributed by atoms with van der Waals surface area (Å²) in [5, 5.41) is 10.6. The molecule has 1 aromatic heterocycles. The second-order valence-electron chi connectivity index (χ2n) is 5.55. The predicted octanol–water partition coefficient (Wildman–Crippen LogP) is 1.55. The molecule has 0 aliphatic carbocycles. The fourth-order valence-electron chi connectivity index (χ4n) is 2.62. The van der Waals surface area contributed by atoms with Crippen molar-refractivity contribution in [3.8, 4) is 11.5 Å². The van der Waals surface area contributed by atoms with Crippen molar-refractivity contribution in [2.24, 2.45) is 0 Å². The average Bonchev–Trinajstić information content (AvgIpc) is 3.20. The van der Waals surface area contributed by atoms with Crippen LogP contribution in [0.3, 0.4) is 0 Å². The number of ether oxygens (including phenoxy) is 2. The first kappa shape index (κ1) is 17.9. The molecule has 3 rings (SSSR count). The Morgan fingerprint density at radius 1 is 1.04 bits per heavy atom. The van der Waals surface area contributed by atoms with E-state index >= 15 is 0 Å². The number of carbonyl (C=O) groups is 2. The van der Waals surface area contributed by atoms with Crippen LogP contribution in [-0.2, 0) is 0 Å². The molecule has 0 atom stereocenters. The minimum atomic E-state index is -0.239. The molecule has 2 aromatic rings. The molecule has 26 heavy (non-hydrogen) atoms. The maximum atomic E-state index is 12.7. The Bertz CT molecular complexity index is 753. The Morgan fingerprint density at radius 3 is 2.19 bits per heavy atom. The molecule has 1 aromatic carbocycles. The van der Waals surface area contributed by atoms with Gasteiger partial charge in [-0.25, -0.2) is 4.79 Å². The van der Waals surface area contributed by atoms with E-state index in [0.29, 0.717) is 48.4 Å². The third kappa shape index (κ3) is 4.02. The van der Waals surface area contributed by atoms with Gasteiger partial charge in [-0.15, -0.1) is 10.2 Å². The predicted molar refractivity (Wildman–Crippen MR) is 96.0 cm³/mol. The summed E-state index contributed by atoms with van der Waals surface area (Å²) in [6, 6.07) is 4.84. The van der Waals surface area contributed by atoms with Gasteiger partial charge in [0.25, 0.3) is 5.91 Å². The van der Waals surface area contributed by atoms with E-state index < -0.39 is 0 Å². The molecule has 3 amide bonds. The van der Waals surface area contributed by atoms with Crippen LogP contribution in [-0.4, -0.2) is 72.3 Å². The van der Waals surface area contributed by atoms with Crippen molar-refractivity contribution in [2.75, 3.05) is 45.7 Å². The van der Waals surface area contributed by atoms with Crippen LogP contribution in [0.5, 0.6) is 11.5 Å². The van der Waals surface area contributed by atoms with Gasteiger partial charge in [0.1, 0.15) is 17.0 Å². The molecule has 1 aliphatic rings. The van der Waals surface area contributed by atoms with Crippen molar-refractivity contribution in [1.29, 1.82) is 0 Å². The third-order valence-electron chi connectivity index (χ3n) is 4.03. The molecule has 0 spiro atoms. The highest BCUT2D eigenvalue weighted by Gasteiger charge is 2.26. The van der Waals surface area contributed by atoms with Crippen molar-refractivity contribution < 1.29 is 19.1 Å². The maximum Gasteiger partial charge on any atom is 0.323 e. The summed E-state index contributed by atoms with van der Waals surface area (Å²) in [7, 11) is 3.08. The number of nitrogens with one attached hydrogen (secondary N) is 1. The zero-order valence-electron chi connectivity index (χ0n) is 14.5. The lowest BCUT2D eigenvalue weighted by molar-refractivity contribution is 0.0671. The second-order valence-corrected chi connectivity index (χ2v) is 6.39. The van der Waals surface area contributed by atoms with Crippen LogP contribution in [0, 0.1) is 0 Å². The normalized spacial score (nSPS) is 14.1. The molecule has 9 nitrogen and oxygen atoms in total. The summed E-state index contributed by atoms with van der Waals surface area (Å²) in [6.07, 6.45) is 0. The van der Waals surface area contributed by atoms with Crippen molar-refractivity contribution >= 4 is 28.4 Å². The van der Waals surface area contributed by atoms with E-state index in [0.717, 1.165) is 0 Å². The molecule has 1 saturated heterocycles. The fourth-order valence-corrected chi connectivity index (χ4v) is 3.06. The number of rotatable bonds is 4. The molecule has 0 radical (unpaired) electrons. The minimum absolute atomic E-state index is 0.119. The first-order valence-electron chi connectivity index (χ1n) is 7.95. The van der Waals surface area contributed by atoms with Gasteiger partial charge in [-0.3, -0.25) is 10.1 Å². The molecule has 2 heterocycles. The smallest absolute Gasteiger partial charge is 0.323 e. The maximum absolute atomic E-state index is 12.7. The highest BCUT2D eigenvalue weighted by Crippen LogP contribution is 2.24. The highest BCUT2D eigenvalue weighted by molar-refractivity contribution is 7.13. The molecule has 1 aliphatic heterocycles. The first-order valence-corrected chi connectivity index (χ1v) is 8.83. The standard InChI is InChI=1S/C16H19N5O4S/c1-24-12-7-11(8-13(9-12)25-2)14(22)20-3-5-21(6-4-20)16(23)18-15-19-17-10-26-15/h7-10H,3-6H2,1-2H3,(H,18,19,23). The number of carbonyl (C=O) groups excluding carboxylic acids is 2. The Morgan fingerprint density at radius 2 is 1.65 bits per heavy atom. The number of piperazine rings is 1. The summed E-state index contributed by atoms with van der Waals surface area (Å²) in [5.41, 5.74) is 2.04. The van der Waals surface area contributed by atoms with E-state index in [4.69, 9.17) is 9.47 Å². The molecule has 1 fully saturated rings. The van der Waals surface area contributed by atoms with E-state index in [2.05, 4.69) is 15.5 Å². The van der Waals surface area contributed by atoms with Crippen LogP contribution < -0.4 is 14.8 Å². The van der Waals surface area contributed by atoms with Gasteiger partial charge in [-0.05, 0) is 12.1 Å². The van der Waals surface area contributed by atoms with Crippen LogP contribution in [0.2, 0.25) is 0 Å². The van der Waals surface area contributed by atoms with Crippen LogP contribution in [0.15, 0.2) is 23.7 Å². The van der Waals surface area contributed by atoms with Crippen molar-refractivity contribution in [3.63, 3.8) is 0 Å². The monoisotopic (exact) mass is 377 g/mol. The number of methoxy groups -OCH3 is 2. The number of aromatic nitrogens is 2. The quantitative estimate of drug-likeness (QED) is 0.868. The SMILES string of the molecule is COc1cc(OC)cc(C(=O)N2CCN(C(=O)Nc3nncs3)CC2)c1. The van der Waals surface area contributed by atoms with E-state index in [9.17, 15) is 9.59 Å². The molecular weight excluding hydrogens is 358 g/mol. The second kappa shape index (κ2) is 8.00. The summed E-state index contributed by atoms with van der Waals surface area (Å²) in [6.45, 7) is 1.78. The number of hydrogen-bond donors (Lipinski definition) is 1. The number of urea groups is 1. The molecular formula is C16H19N5O4S. The molecule has 0 bridgehead atoms. The van der Waals surface area contributed by atoms with Crippen LogP contribution >= 0.6 is 11.3 Å². The Kier molecular flexibility index (Phi) is 5.52. The van der Waals surface area contributed by atoms with Crippen molar-refractivity contribution in [1.82, 2.24) is 20.0 Å². The van der Waals surface area contributed by atoms with Crippen LogP contribution in [0.25, 0.3) is 0 Å². The molecule has 1 N–H and O–H groups in total. The van der Waals surface area contributed by atoms with Crippen molar-refractivity contribution in [3.05, 3.63) is 29.3 Å². The summed E-state index contributed by atoms with van der Waals surface area (Å²) in [5.74, 6) is 0.997. The van der Waals surface area contributed by atoms with Crippen LogP contribution in [0.1, 0.15) is 10.4 Å². The fraction of sp³-hybridized carbons (Fsp3) is 0.375. The zero-order chi connectivity index (χ0) is 18.5. The first-order chi connectivity index (χ1) is 12.6. The topological polar surface area (TPSA) is 96.9 Å². The van der Waals surface area contributed by atoms with Crippen molar-refractivity contribution in [2.45, 2.75) is 0 Å². The van der Waals surface area contributed by atoms with E-state index in [-0.39, 0.29) is 11.9 Å². The molecule has 138 valence electrons. The largest absolute Gasteiger partial charge is 0.497 e. The zero-order valence-corrected chi connectivity index (χ0v) is 15.3. The van der Waals surface area contributed by atoms with Crippen LogP contribution in [0.4, 0.5) is 9.93 Å². The molecule has 10 heteroatoms.